The third-order valence-corrected chi connectivity index (χ3v) is 4.34. The molecule has 0 radical (unpaired) electrons. The number of likely N-dealkylation sites (tertiary alicyclic amines) is 1. The van der Waals surface area contributed by atoms with Crippen molar-refractivity contribution in [3.05, 3.63) is 40.8 Å². The van der Waals surface area contributed by atoms with Crippen molar-refractivity contribution in [1.29, 1.82) is 5.26 Å². The van der Waals surface area contributed by atoms with E-state index in [1.165, 1.54) is 4.68 Å². The molecule has 3 rings (SSSR count). The first-order chi connectivity index (χ1) is 12.1. The summed E-state index contributed by atoms with van der Waals surface area (Å²) in [5.74, 6) is -0.0218. The van der Waals surface area contributed by atoms with E-state index < -0.39 is 6.04 Å². The van der Waals surface area contributed by atoms with Gasteiger partial charge < -0.3 is 10.2 Å². The van der Waals surface area contributed by atoms with Crippen LogP contribution >= 0.6 is 15.9 Å². The number of hydrogen-bond donors (Lipinski definition) is 1. The van der Waals surface area contributed by atoms with Gasteiger partial charge in [0.15, 0.2) is 5.69 Å². The third-order valence-electron chi connectivity index (χ3n) is 3.89. The predicted octanol–water partition coefficient (Wildman–Crippen LogP) is 1.54. The van der Waals surface area contributed by atoms with Gasteiger partial charge in [0.25, 0.3) is 0 Å². The maximum absolute atomic E-state index is 12.5. The Kier molecular flexibility index (Phi) is 5.09. The van der Waals surface area contributed by atoms with Crippen LogP contribution in [-0.2, 0) is 16.1 Å². The summed E-state index contributed by atoms with van der Waals surface area (Å²) in [5, 5.41) is 15.5. The van der Waals surface area contributed by atoms with E-state index in [4.69, 9.17) is 5.26 Å². The number of aromatic nitrogens is 3. The summed E-state index contributed by atoms with van der Waals surface area (Å²) < 4.78 is 2.03. The third kappa shape index (κ3) is 4.03. The number of nitrogens with zero attached hydrogens (tertiary/aromatic N) is 5. The molecule has 2 aromatic heterocycles. The van der Waals surface area contributed by atoms with Gasteiger partial charge in [0.1, 0.15) is 29.1 Å². The molecule has 0 unspecified atom stereocenters. The van der Waals surface area contributed by atoms with Crippen molar-refractivity contribution in [3.8, 4) is 6.07 Å². The van der Waals surface area contributed by atoms with Crippen molar-refractivity contribution >= 4 is 33.6 Å². The lowest BCUT2D eigenvalue weighted by molar-refractivity contribution is -0.137. The van der Waals surface area contributed by atoms with Crippen LogP contribution in [0.1, 0.15) is 18.5 Å². The van der Waals surface area contributed by atoms with Gasteiger partial charge in [-0.1, -0.05) is 6.07 Å². The second-order valence-electron chi connectivity index (χ2n) is 5.59. The van der Waals surface area contributed by atoms with E-state index in [0.29, 0.717) is 23.4 Å². The first-order valence-corrected chi connectivity index (χ1v) is 8.52. The van der Waals surface area contributed by atoms with E-state index in [9.17, 15) is 9.59 Å². The topological polar surface area (TPSA) is 104 Å². The minimum atomic E-state index is -0.528. The van der Waals surface area contributed by atoms with Crippen molar-refractivity contribution in [2.75, 3.05) is 11.9 Å². The molecule has 0 bridgehead atoms. The highest BCUT2D eigenvalue weighted by Gasteiger charge is 2.34. The normalized spacial score (nSPS) is 16.5. The zero-order valence-corrected chi connectivity index (χ0v) is 14.8. The molecule has 25 heavy (non-hydrogen) atoms. The molecular weight excluding hydrogens is 388 g/mol. The lowest BCUT2D eigenvalue weighted by Gasteiger charge is -2.23. The fourth-order valence-electron chi connectivity index (χ4n) is 2.76. The highest BCUT2D eigenvalue weighted by molar-refractivity contribution is 9.10. The highest BCUT2D eigenvalue weighted by Crippen LogP contribution is 2.20. The number of halogens is 1. The zero-order chi connectivity index (χ0) is 17.8. The Hall–Kier alpha value is -2.73. The van der Waals surface area contributed by atoms with E-state index in [2.05, 4.69) is 31.3 Å². The predicted molar refractivity (Wildman–Crippen MR) is 92.2 cm³/mol. The summed E-state index contributed by atoms with van der Waals surface area (Å²) in [6.45, 7) is 0.524. The number of anilines is 1. The molecule has 1 atom stereocenters. The molecule has 128 valence electrons. The zero-order valence-electron chi connectivity index (χ0n) is 13.2. The molecule has 2 aromatic rings. The van der Waals surface area contributed by atoms with Crippen LogP contribution in [0.2, 0.25) is 0 Å². The Morgan fingerprint density at radius 3 is 2.96 bits per heavy atom. The molecule has 8 nitrogen and oxygen atoms in total. The van der Waals surface area contributed by atoms with Crippen molar-refractivity contribution in [1.82, 2.24) is 19.7 Å². The first-order valence-electron chi connectivity index (χ1n) is 7.73. The molecule has 3 heterocycles. The number of amides is 2. The standard InChI is InChI=1S/C16H15BrN6O2/c17-13-4-1-5-14(19-13)20-16(25)12-3-2-7-23(12)15(24)10-22-8-6-11(9-18)21-22/h1,4-6,8,12H,2-3,7,10H2,(H,19,20,25)/t12-/m0/s1. The molecule has 1 fully saturated rings. The number of nitriles is 1. The highest BCUT2D eigenvalue weighted by atomic mass is 79.9. The SMILES string of the molecule is N#Cc1ccn(CC(=O)N2CCC[C@H]2C(=O)Nc2cccc(Br)n2)n1. The van der Waals surface area contributed by atoms with E-state index in [1.54, 1.807) is 35.4 Å². The van der Waals surface area contributed by atoms with Crippen LogP contribution in [0.25, 0.3) is 0 Å². The molecule has 1 aliphatic heterocycles. The molecule has 1 saturated heterocycles. The number of carbonyl (C=O) groups is 2. The van der Waals surface area contributed by atoms with Gasteiger partial charge in [0.2, 0.25) is 11.8 Å². The monoisotopic (exact) mass is 402 g/mol. The van der Waals surface area contributed by atoms with E-state index in [1.807, 2.05) is 6.07 Å². The van der Waals surface area contributed by atoms with Crippen LogP contribution in [-0.4, -0.2) is 44.1 Å². The summed E-state index contributed by atoms with van der Waals surface area (Å²) in [5.41, 5.74) is 0.254. The number of hydrogen-bond acceptors (Lipinski definition) is 5. The summed E-state index contributed by atoms with van der Waals surface area (Å²) in [6.07, 6.45) is 2.94. The van der Waals surface area contributed by atoms with Crippen LogP contribution in [0.3, 0.4) is 0 Å². The number of rotatable bonds is 4. The van der Waals surface area contributed by atoms with E-state index in [-0.39, 0.29) is 24.1 Å². The molecule has 0 aromatic carbocycles. The van der Waals surface area contributed by atoms with Crippen LogP contribution < -0.4 is 5.32 Å². The van der Waals surface area contributed by atoms with Gasteiger partial charge in [0, 0.05) is 12.7 Å². The van der Waals surface area contributed by atoms with E-state index >= 15 is 0 Å². The number of nitrogens with one attached hydrogen (secondary N) is 1. The lowest BCUT2D eigenvalue weighted by Crippen LogP contribution is -2.44. The largest absolute Gasteiger partial charge is 0.329 e. The molecule has 0 saturated carbocycles. The summed E-state index contributed by atoms with van der Waals surface area (Å²) in [6, 6.07) is 8.16. The maximum Gasteiger partial charge on any atom is 0.248 e. The fraction of sp³-hybridized carbons (Fsp3) is 0.312. The smallest absolute Gasteiger partial charge is 0.248 e. The quantitative estimate of drug-likeness (QED) is 0.780. The first kappa shape index (κ1) is 17.1. The summed E-state index contributed by atoms with van der Waals surface area (Å²) in [4.78, 5) is 30.8. The Balaban J connectivity index is 1.66. The number of carbonyl (C=O) groups excluding carboxylic acids is 2. The van der Waals surface area contributed by atoms with Gasteiger partial charge in [-0.3, -0.25) is 14.3 Å². The van der Waals surface area contributed by atoms with Gasteiger partial charge in [-0.05, 0) is 47.0 Å². The van der Waals surface area contributed by atoms with Crippen molar-refractivity contribution in [3.63, 3.8) is 0 Å². The summed E-state index contributed by atoms with van der Waals surface area (Å²) in [7, 11) is 0. The van der Waals surface area contributed by atoms with Crippen molar-refractivity contribution < 1.29 is 9.59 Å². The molecule has 0 aliphatic carbocycles. The Labute approximate surface area is 152 Å². The van der Waals surface area contributed by atoms with E-state index in [0.717, 1.165) is 6.42 Å². The Morgan fingerprint density at radius 1 is 1.40 bits per heavy atom. The average molecular weight is 403 g/mol. The van der Waals surface area contributed by atoms with Gasteiger partial charge in [-0.15, -0.1) is 0 Å². The van der Waals surface area contributed by atoms with Gasteiger partial charge in [0.05, 0.1) is 0 Å². The molecule has 2 amide bonds. The Bertz CT molecular complexity index is 843. The maximum atomic E-state index is 12.5. The summed E-state index contributed by atoms with van der Waals surface area (Å²) >= 11 is 3.26. The number of pyridine rings is 1. The van der Waals surface area contributed by atoms with Crippen LogP contribution in [0, 0.1) is 11.3 Å². The van der Waals surface area contributed by atoms with Crippen LogP contribution in [0.5, 0.6) is 0 Å². The van der Waals surface area contributed by atoms with Gasteiger partial charge >= 0.3 is 0 Å². The molecular formula is C16H15BrN6O2. The van der Waals surface area contributed by atoms with Crippen molar-refractivity contribution in [2.24, 2.45) is 0 Å². The van der Waals surface area contributed by atoms with Gasteiger partial charge in [-0.25, -0.2) is 4.98 Å². The molecule has 9 heteroatoms. The lowest BCUT2D eigenvalue weighted by atomic mass is 10.2. The van der Waals surface area contributed by atoms with Gasteiger partial charge in [-0.2, -0.15) is 10.4 Å². The average Bonchev–Trinajstić information content (AvgIpc) is 3.23. The molecule has 0 spiro atoms. The van der Waals surface area contributed by atoms with Crippen molar-refractivity contribution in [2.45, 2.75) is 25.4 Å². The fourth-order valence-corrected chi connectivity index (χ4v) is 3.11. The Morgan fingerprint density at radius 2 is 2.24 bits per heavy atom. The molecule has 1 N–H and O–H groups in total. The second kappa shape index (κ2) is 7.44. The second-order valence-corrected chi connectivity index (χ2v) is 6.40. The molecule has 1 aliphatic rings. The van der Waals surface area contributed by atoms with Crippen LogP contribution in [0.4, 0.5) is 5.82 Å². The minimum absolute atomic E-state index is 0.000590. The van der Waals surface area contributed by atoms with Crippen LogP contribution in [0.15, 0.2) is 35.1 Å². The minimum Gasteiger partial charge on any atom is -0.329 e.